The lowest BCUT2D eigenvalue weighted by atomic mass is 9.78. The van der Waals surface area contributed by atoms with Crippen LogP contribution in [0, 0.1) is 5.41 Å². The standard InChI is InChI=1S/C14H30N2S/c1-4-14(2)7-9-16(10-8-14)13(12-15)6-5-11-17-3/h13H,4-12,15H2,1-3H3. The molecule has 1 aliphatic rings. The molecule has 102 valence electrons. The number of hydrogen-bond donors (Lipinski definition) is 1. The van der Waals surface area contributed by atoms with E-state index in [2.05, 4.69) is 25.0 Å². The predicted octanol–water partition coefficient (Wildman–Crippen LogP) is 2.97. The molecule has 0 aromatic rings. The monoisotopic (exact) mass is 258 g/mol. The fourth-order valence-corrected chi connectivity index (χ4v) is 3.15. The summed E-state index contributed by atoms with van der Waals surface area (Å²) in [6.45, 7) is 8.11. The summed E-state index contributed by atoms with van der Waals surface area (Å²) >= 11 is 1.94. The molecule has 0 saturated carbocycles. The van der Waals surface area contributed by atoms with Crippen molar-refractivity contribution in [1.29, 1.82) is 0 Å². The van der Waals surface area contributed by atoms with E-state index in [1.807, 2.05) is 11.8 Å². The summed E-state index contributed by atoms with van der Waals surface area (Å²) in [5.74, 6) is 1.27. The van der Waals surface area contributed by atoms with Gasteiger partial charge in [-0.05, 0) is 56.2 Å². The van der Waals surface area contributed by atoms with Crippen molar-refractivity contribution in [3.63, 3.8) is 0 Å². The Morgan fingerprint density at radius 2 is 2.00 bits per heavy atom. The lowest BCUT2D eigenvalue weighted by Gasteiger charge is -2.42. The zero-order chi connectivity index (χ0) is 12.7. The van der Waals surface area contributed by atoms with Crippen molar-refractivity contribution in [1.82, 2.24) is 4.90 Å². The molecule has 1 fully saturated rings. The van der Waals surface area contributed by atoms with Gasteiger partial charge in [0.05, 0.1) is 0 Å². The van der Waals surface area contributed by atoms with Gasteiger partial charge in [0.25, 0.3) is 0 Å². The van der Waals surface area contributed by atoms with Crippen LogP contribution in [0.3, 0.4) is 0 Å². The third-order valence-corrected chi connectivity index (χ3v) is 5.23. The molecule has 0 spiro atoms. The van der Waals surface area contributed by atoms with E-state index in [0.717, 1.165) is 6.54 Å². The summed E-state index contributed by atoms with van der Waals surface area (Å²) in [4.78, 5) is 2.64. The van der Waals surface area contributed by atoms with Crippen molar-refractivity contribution < 1.29 is 0 Å². The lowest BCUT2D eigenvalue weighted by Crippen LogP contribution is -2.47. The van der Waals surface area contributed by atoms with Crippen molar-refractivity contribution in [2.24, 2.45) is 11.1 Å². The molecule has 1 heterocycles. The minimum Gasteiger partial charge on any atom is -0.329 e. The van der Waals surface area contributed by atoms with Gasteiger partial charge in [-0.25, -0.2) is 0 Å². The molecule has 0 aromatic carbocycles. The molecular formula is C14H30N2S. The Labute approximate surface area is 112 Å². The molecule has 0 bridgehead atoms. The van der Waals surface area contributed by atoms with Gasteiger partial charge in [0, 0.05) is 12.6 Å². The normalized spacial score (nSPS) is 22.6. The Balaban J connectivity index is 2.34. The molecule has 0 amide bonds. The average molecular weight is 258 g/mol. The SMILES string of the molecule is CCC1(C)CCN(C(CN)CCCSC)CC1. The van der Waals surface area contributed by atoms with Crippen LogP contribution in [0.25, 0.3) is 0 Å². The van der Waals surface area contributed by atoms with E-state index in [1.54, 1.807) is 0 Å². The van der Waals surface area contributed by atoms with Crippen LogP contribution in [0.15, 0.2) is 0 Å². The second-order valence-corrected chi connectivity index (χ2v) is 6.71. The topological polar surface area (TPSA) is 29.3 Å². The molecule has 2 nitrogen and oxygen atoms in total. The highest BCUT2D eigenvalue weighted by atomic mass is 32.2. The van der Waals surface area contributed by atoms with Crippen molar-refractivity contribution in [3.05, 3.63) is 0 Å². The Morgan fingerprint density at radius 3 is 2.47 bits per heavy atom. The first-order valence-electron chi connectivity index (χ1n) is 7.08. The van der Waals surface area contributed by atoms with E-state index in [4.69, 9.17) is 5.73 Å². The molecule has 0 aromatic heterocycles. The fourth-order valence-electron chi connectivity index (χ4n) is 2.70. The van der Waals surface area contributed by atoms with Crippen molar-refractivity contribution in [3.8, 4) is 0 Å². The van der Waals surface area contributed by atoms with Gasteiger partial charge in [-0.1, -0.05) is 20.3 Å². The van der Waals surface area contributed by atoms with Gasteiger partial charge in [-0.2, -0.15) is 11.8 Å². The number of likely N-dealkylation sites (tertiary alicyclic amines) is 1. The number of hydrogen-bond acceptors (Lipinski definition) is 3. The van der Waals surface area contributed by atoms with Crippen molar-refractivity contribution in [2.45, 2.75) is 52.0 Å². The fraction of sp³-hybridized carbons (Fsp3) is 1.00. The first-order valence-corrected chi connectivity index (χ1v) is 8.47. The van der Waals surface area contributed by atoms with Crippen LogP contribution in [0.1, 0.15) is 46.0 Å². The summed E-state index contributed by atoms with van der Waals surface area (Å²) in [7, 11) is 0. The van der Waals surface area contributed by atoms with Gasteiger partial charge in [0.2, 0.25) is 0 Å². The van der Waals surface area contributed by atoms with Crippen LogP contribution in [0.4, 0.5) is 0 Å². The Hall–Kier alpha value is 0.270. The predicted molar refractivity (Wildman–Crippen MR) is 79.7 cm³/mol. The molecule has 1 aliphatic heterocycles. The highest BCUT2D eigenvalue weighted by Crippen LogP contribution is 2.34. The smallest absolute Gasteiger partial charge is 0.0218 e. The van der Waals surface area contributed by atoms with Crippen LogP contribution in [-0.4, -0.2) is 42.6 Å². The maximum absolute atomic E-state index is 5.94. The third kappa shape index (κ3) is 4.80. The van der Waals surface area contributed by atoms with Gasteiger partial charge >= 0.3 is 0 Å². The van der Waals surface area contributed by atoms with Crippen molar-refractivity contribution in [2.75, 3.05) is 31.6 Å². The van der Waals surface area contributed by atoms with Crippen LogP contribution in [0.2, 0.25) is 0 Å². The van der Waals surface area contributed by atoms with Crippen LogP contribution < -0.4 is 5.73 Å². The first kappa shape index (κ1) is 15.3. The average Bonchev–Trinajstić information content (AvgIpc) is 2.36. The zero-order valence-electron chi connectivity index (χ0n) is 11.9. The molecule has 2 N–H and O–H groups in total. The molecule has 0 radical (unpaired) electrons. The minimum atomic E-state index is 0.592. The number of thioether (sulfide) groups is 1. The summed E-state index contributed by atoms with van der Waals surface area (Å²) in [6.07, 6.45) is 8.79. The van der Waals surface area contributed by atoms with Gasteiger partial charge in [-0.15, -0.1) is 0 Å². The highest BCUT2D eigenvalue weighted by Gasteiger charge is 2.30. The Kier molecular flexibility index (Phi) is 6.90. The summed E-state index contributed by atoms with van der Waals surface area (Å²) in [5.41, 5.74) is 6.53. The van der Waals surface area contributed by atoms with Crippen LogP contribution in [-0.2, 0) is 0 Å². The molecule has 1 atom stereocenters. The molecular weight excluding hydrogens is 228 g/mol. The molecule has 17 heavy (non-hydrogen) atoms. The van der Waals surface area contributed by atoms with E-state index >= 15 is 0 Å². The van der Waals surface area contributed by atoms with Crippen LogP contribution in [0.5, 0.6) is 0 Å². The maximum atomic E-state index is 5.94. The van der Waals surface area contributed by atoms with E-state index in [-0.39, 0.29) is 0 Å². The first-order chi connectivity index (χ1) is 8.15. The Morgan fingerprint density at radius 1 is 1.35 bits per heavy atom. The number of nitrogens with two attached hydrogens (primary N) is 1. The number of piperidine rings is 1. The minimum absolute atomic E-state index is 0.592. The molecule has 0 aliphatic carbocycles. The quantitative estimate of drug-likeness (QED) is 0.712. The van der Waals surface area contributed by atoms with E-state index in [1.165, 1.54) is 50.9 Å². The summed E-state index contributed by atoms with van der Waals surface area (Å²) < 4.78 is 0. The van der Waals surface area contributed by atoms with Crippen LogP contribution >= 0.6 is 11.8 Å². The Bertz CT molecular complexity index is 200. The third-order valence-electron chi connectivity index (χ3n) is 4.53. The van der Waals surface area contributed by atoms with Gasteiger partial charge in [0.1, 0.15) is 0 Å². The van der Waals surface area contributed by atoms with Gasteiger partial charge in [-0.3, -0.25) is 4.90 Å². The van der Waals surface area contributed by atoms with E-state index < -0.39 is 0 Å². The summed E-state index contributed by atoms with van der Waals surface area (Å²) in [5, 5.41) is 0. The highest BCUT2D eigenvalue weighted by molar-refractivity contribution is 7.98. The largest absolute Gasteiger partial charge is 0.329 e. The lowest BCUT2D eigenvalue weighted by molar-refractivity contribution is 0.0797. The van der Waals surface area contributed by atoms with Gasteiger partial charge < -0.3 is 5.73 Å². The molecule has 3 heteroatoms. The van der Waals surface area contributed by atoms with Gasteiger partial charge in [0.15, 0.2) is 0 Å². The second kappa shape index (κ2) is 7.65. The zero-order valence-corrected chi connectivity index (χ0v) is 12.7. The van der Waals surface area contributed by atoms with E-state index in [0.29, 0.717) is 11.5 Å². The van der Waals surface area contributed by atoms with E-state index in [9.17, 15) is 0 Å². The molecule has 1 rings (SSSR count). The number of rotatable bonds is 7. The molecule has 1 unspecified atom stereocenters. The maximum Gasteiger partial charge on any atom is 0.0218 e. The number of nitrogens with zero attached hydrogens (tertiary/aromatic N) is 1. The van der Waals surface area contributed by atoms with Crippen molar-refractivity contribution >= 4 is 11.8 Å². The molecule has 1 saturated heterocycles. The summed E-state index contributed by atoms with van der Waals surface area (Å²) in [6, 6.07) is 0.628. The second-order valence-electron chi connectivity index (χ2n) is 5.72.